The molecule has 94 valence electrons. The Bertz CT molecular complexity index is 540. The van der Waals surface area contributed by atoms with Crippen LogP contribution in [0.5, 0.6) is 11.5 Å². The highest BCUT2D eigenvalue weighted by Crippen LogP contribution is 2.36. The summed E-state index contributed by atoms with van der Waals surface area (Å²) < 4.78 is 10.6. The van der Waals surface area contributed by atoms with Crippen LogP contribution >= 0.6 is 0 Å². The Hall–Kier alpha value is -2.07. The first-order chi connectivity index (χ1) is 8.80. The molecule has 1 N–H and O–H groups in total. The van der Waals surface area contributed by atoms with Crippen LogP contribution < -0.4 is 9.47 Å². The quantitative estimate of drug-likeness (QED) is 0.897. The standard InChI is InChI=1S/C14H15NO3/c1-17-13-5-3-4-11(14(13)18-2)12-8-10(9-16)6-7-15-12/h3-8,16H,9H2,1-2H3. The van der Waals surface area contributed by atoms with Gasteiger partial charge in [-0.1, -0.05) is 6.07 Å². The van der Waals surface area contributed by atoms with Crippen molar-refractivity contribution in [3.05, 3.63) is 42.1 Å². The van der Waals surface area contributed by atoms with Gasteiger partial charge in [-0.15, -0.1) is 0 Å². The lowest BCUT2D eigenvalue weighted by molar-refractivity contribution is 0.282. The minimum atomic E-state index is -0.0121. The molecule has 0 amide bonds. The SMILES string of the molecule is COc1cccc(-c2cc(CO)ccn2)c1OC. The number of nitrogens with zero attached hydrogens (tertiary/aromatic N) is 1. The largest absolute Gasteiger partial charge is 0.493 e. The summed E-state index contributed by atoms with van der Waals surface area (Å²) >= 11 is 0. The van der Waals surface area contributed by atoms with Crippen molar-refractivity contribution in [1.82, 2.24) is 4.98 Å². The highest BCUT2D eigenvalue weighted by atomic mass is 16.5. The highest BCUT2D eigenvalue weighted by Gasteiger charge is 2.12. The zero-order valence-electron chi connectivity index (χ0n) is 10.4. The molecule has 0 aliphatic rings. The Morgan fingerprint density at radius 2 is 2.00 bits per heavy atom. The van der Waals surface area contributed by atoms with Gasteiger partial charge in [-0.25, -0.2) is 0 Å². The van der Waals surface area contributed by atoms with Gasteiger partial charge in [0.15, 0.2) is 11.5 Å². The van der Waals surface area contributed by atoms with Gasteiger partial charge in [0.2, 0.25) is 0 Å². The smallest absolute Gasteiger partial charge is 0.170 e. The van der Waals surface area contributed by atoms with Crippen LogP contribution in [0, 0.1) is 0 Å². The lowest BCUT2D eigenvalue weighted by atomic mass is 10.1. The van der Waals surface area contributed by atoms with Crippen molar-refractivity contribution < 1.29 is 14.6 Å². The molecule has 1 heterocycles. The molecule has 0 radical (unpaired) electrons. The first kappa shape index (κ1) is 12.4. The molecule has 4 heteroatoms. The van der Waals surface area contributed by atoms with Gasteiger partial charge in [0.1, 0.15) is 0 Å². The first-order valence-corrected chi connectivity index (χ1v) is 5.57. The summed E-state index contributed by atoms with van der Waals surface area (Å²) in [7, 11) is 3.19. The predicted octanol–water partition coefficient (Wildman–Crippen LogP) is 2.26. The Kier molecular flexibility index (Phi) is 3.79. The third-order valence-electron chi connectivity index (χ3n) is 2.69. The van der Waals surface area contributed by atoms with E-state index in [2.05, 4.69) is 4.98 Å². The van der Waals surface area contributed by atoms with E-state index in [9.17, 15) is 0 Å². The van der Waals surface area contributed by atoms with Crippen molar-refractivity contribution in [2.24, 2.45) is 0 Å². The zero-order valence-corrected chi connectivity index (χ0v) is 10.4. The van der Waals surface area contributed by atoms with Crippen LogP contribution in [0.25, 0.3) is 11.3 Å². The highest BCUT2D eigenvalue weighted by molar-refractivity contribution is 5.71. The van der Waals surface area contributed by atoms with Gasteiger partial charge in [0.25, 0.3) is 0 Å². The number of aliphatic hydroxyl groups excluding tert-OH is 1. The molecule has 1 aromatic carbocycles. The van der Waals surface area contributed by atoms with Crippen LogP contribution in [0.4, 0.5) is 0 Å². The summed E-state index contributed by atoms with van der Waals surface area (Å²) in [5, 5.41) is 9.15. The second-order valence-corrected chi connectivity index (χ2v) is 3.75. The molecule has 0 bridgehead atoms. The number of pyridine rings is 1. The molecule has 0 saturated heterocycles. The number of ether oxygens (including phenoxy) is 2. The second-order valence-electron chi connectivity index (χ2n) is 3.75. The van der Waals surface area contributed by atoms with E-state index in [1.54, 1.807) is 26.5 Å². The van der Waals surface area contributed by atoms with E-state index < -0.39 is 0 Å². The Balaban J connectivity index is 2.55. The lowest BCUT2D eigenvalue weighted by Crippen LogP contribution is -1.95. The van der Waals surface area contributed by atoms with Crippen molar-refractivity contribution in [3.8, 4) is 22.8 Å². The number of aromatic nitrogens is 1. The molecule has 0 saturated carbocycles. The number of hydrogen-bond acceptors (Lipinski definition) is 4. The zero-order chi connectivity index (χ0) is 13.0. The van der Waals surface area contributed by atoms with Crippen molar-refractivity contribution >= 4 is 0 Å². The minimum absolute atomic E-state index is 0.0121. The van der Waals surface area contributed by atoms with Crippen LogP contribution in [0.2, 0.25) is 0 Å². The van der Waals surface area contributed by atoms with Gasteiger partial charge < -0.3 is 14.6 Å². The first-order valence-electron chi connectivity index (χ1n) is 5.57. The van der Waals surface area contributed by atoms with Gasteiger partial charge in [-0.05, 0) is 29.8 Å². The van der Waals surface area contributed by atoms with Gasteiger partial charge in [-0.3, -0.25) is 4.98 Å². The molecule has 4 nitrogen and oxygen atoms in total. The molecule has 18 heavy (non-hydrogen) atoms. The molecule has 2 rings (SSSR count). The van der Waals surface area contributed by atoms with Crippen LogP contribution in [-0.2, 0) is 6.61 Å². The third-order valence-corrected chi connectivity index (χ3v) is 2.69. The maximum absolute atomic E-state index is 9.15. The summed E-state index contributed by atoms with van der Waals surface area (Å²) in [5.74, 6) is 1.30. The van der Waals surface area contributed by atoms with E-state index in [1.165, 1.54) is 0 Å². The summed E-state index contributed by atoms with van der Waals surface area (Å²) in [5.41, 5.74) is 2.40. The fraction of sp³-hybridized carbons (Fsp3) is 0.214. The normalized spacial score (nSPS) is 10.2. The monoisotopic (exact) mass is 245 g/mol. The number of para-hydroxylation sites is 1. The molecule has 0 spiro atoms. The van der Waals surface area contributed by atoms with Crippen molar-refractivity contribution in [1.29, 1.82) is 0 Å². The predicted molar refractivity (Wildman–Crippen MR) is 68.7 cm³/mol. The average Bonchev–Trinajstić information content (AvgIpc) is 2.46. The van der Waals surface area contributed by atoms with Crippen molar-refractivity contribution in [2.45, 2.75) is 6.61 Å². The fourth-order valence-electron chi connectivity index (χ4n) is 1.81. The number of rotatable bonds is 4. The van der Waals surface area contributed by atoms with Crippen molar-refractivity contribution in [3.63, 3.8) is 0 Å². The number of methoxy groups -OCH3 is 2. The van der Waals surface area contributed by atoms with E-state index in [1.807, 2.05) is 24.3 Å². The fourth-order valence-corrected chi connectivity index (χ4v) is 1.81. The molecule has 0 unspecified atom stereocenters. The average molecular weight is 245 g/mol. The van der Waals surface area contributed by atoms with Gasteiger partial charge >= 0.3 is 0 Å². The summed E-state index contributed by atoms with van der Waals surface area (Å²) in [6.07, 6.45) is 1.67. The van der Waals surface area contributed by atoms with E-state index >= 15 is 0 Å². The molecular formula is C14H15NO3. The molecule has 2 aromatic rings. The topological polar surface area (TPSA) is 51.6 Å². The molecular weight excluding hydrogens is 230 g/mol. The summed E-state index contributed by atoms with van der Waals surface area (Å²) in [4.78, 5) is 4.29. The number of benzene rings is 1. The van der Waals surface area contributed by atoms with E-state index in [-0.39, 0.29) is 6.61 Å². The molecule has 0 atom stereocenters. The van der Waals surface area contributed by atoms with E-state index in [0.717, 1.165) is 16.8 Å². The van der Waals surface area contributed by atoms with Gasteiger partial charge in [0.05, 0.1) is 26.5 Å². The Morgan fingerprint density at radius 3 is 2.67 bits per heavy atom. The lowest BCUT2D eigenvalue weighted by Gasteiger charge is -2.12. The number of aliphatic hydroxyl groups is 1. The minimum Gasteiger partial charge on any atom is -0.493 e. The maximum Gasteiger partial charge on any atom is 0.170 e. The maximum atomic E-state index is 9.15. The Morgan fingerprint density at radius 1 is 1.17 bits per heavy atom. The molecule has 0 fully saturated rings. The summed E-state index contributed by atoms with van der Waals surface area (Å²) in [6, 6.07) is 9.22. The third kappa shape index (κ3) is 2.28. The van der Waals surface area contributed by atoms with Crippen molar-refractivity contribution in [2.75, 3.05) is 14.2 Å². The van der Waals surface area contributed by atoms with Crippen LogP contribution in [0.15, 0.2) is 36.5 Å². The van der Waals surface area contributed by atoms with Gasteiger partial charge in [-0.2, -0.15) is 0 Å². The van der Waals surface area contributed by atoms with E-state index in [0.29, 0.717) is 11.5 Å². The molecule has 1 aromatic heterocycles. The second kappa shape index (κ2) is 5.51. The van der Waals surface area contributed by atoms with Gasteiger partial charge in [0, 0.05) is 11.8 Å². The van der Waals surface area contributed by atoms with Crippen LogP contribution in [-0.4, -0.2) is 24.3 Å². The number of hydrogen-bond donors (Lipinski definition) is 1. The van der Waals surface area contributed by atoms with Crippen LogP contribution in [0.3, 0.4) is 0 Å². The summed E-state index contributed by atoms with van der Waals surface area (Å²) in [6.45, 7) is -0.0121. The molecule has 0 aliphatic carbocycles. The molecule has 0 aliphatic heterocycles. The van der Waals surface area contributed by atoms with Crippen LogP contribution in [0.1, 0.15) is 5.56 Å². The van der Waals surface area contributed by atoms with E-state index in [4.69, 9.17) is 14.6 Å². The Labute approximate surface area is 106 Å².